The van der Waals surface area contributed by atoms with Crippen LogP contribution in [0.2, 0.25) is 0 Å². The molecule has 0 atom stereocenters. The van der Waals surface area contributed by atoms with Crippen molar-refractivity contribution in [3.63, 3.8) is 0 Å². The number of thiophene rings is 1. The maximum absolute atomic E-state index is 12.7. The maximum atomic E-state index is 12.7. The van der Waals surface area contributed by atoms with Crippen molar-refractivity contribution < 1.29 is 17.9 Å². The molecule has 0 spiro atoms. The van der Waals surface area contributed by atoms with Crippen LogP contribution in [0.15, 0.2) is 46.7 Å². The van der Waals surface area contributed by atoms with E-state index >= 15 is 0 Å². The molecule has 24 heavy (non-hydrogen) atoms. The highest BCUT2D eigenvalue weighted by molar-refractivity contribution is 7.89. The van der Waals surface area contributed by atoms with Crippen molar-refractivity contribution in [3.8, 4) is 0 Å². The Morgan fingerprint density at radius 1 is 1.17 bits per heavy atom. The number of esters is 1. The molecule has 3 rings (SSSR count). The molecule has 0 bridgehead atoms. The highest BCUT2D eigenvalue weighted by Crippen LogP contribution is 2.33. The summed E-state index contributed by atoms with van der Waals surface area (Å²) in [6.45, 7) is 1.04. The summed E-state index contributed by atoms with van der Waals surface area (Å²) < 4.78 is 31.6. The van der Waals surface area contributed by atoms with Crippen molar-refractivity contribution in [3.05, 3.63) is 52.2 Å². The minimum absolute atomic E-state index is 0.213. The molecule has 1 saturated heterocycles. The lowest BCUT2D eigenvalue weighted by Gasteiger charge is -2.30. The molecule has 0 unspecified atom stereocenters. The number of methoxy groups -OCH3 is 1. The smallest absolute Gasteiger partial charge is 0.337 e. The monoisotopic (exact) mass is 365 g/mol. The number of hydrogen-bond acceptors (Lipinski definition) is 5. The van der Waals surface area contributed by atoms with Crippen LogP contribution in [0.3, 0.4) is 0 Å². The van der Waals surface area contributed by atoms with Gasteiger partial charge in [0.05, 0.1) is 17.6 Å². The Hall–Kier alpha value is -1.70. The van der Waals surface area contributed by atoms with Gasteiger partial charge in [0, 0.05) is 18.0 Å². The number of nitrogens with zero attached hydrogens (tertiary/aromatic N) is 1. The molecule has 2 aromatic rings. The summed E-state index contributed by atoms with van der Waals surface area (Å²) in [5, 5.41) is 2.06. The van der Waals surface area contributed by atoms with E-state index in [0.717, 1.165) is 12.8 Å². The Morgan fingerprint density at radius 3 is 2.38 bits per heavy atom. The van der Waals surface area contributed by atoms with Gasteiger partial charge in [-0.3, -0.25) is 0 Å². The van der Waals surface area contributed by atoms with Crippen molar-refractivity contribution in [2.45, 2.75) is 23.7 Å². The first-order valence-electron chi connectivity index (χ1n) is 7.74. The fraction of sp³-hybridized carbons (Fsp3) is 0.353. The van der Waals surface area contributed by atoms with E-state index in [0.29, 0.717) is 24.6 Å². The Labute approximate surface area is 145 Å². The number of rotatable bonds is 4. The van der Waals surface area contributed by atoms with Crippen LogP contribution in [0.5, 0.6) is 0 Å². The number of piperidine rings is 1. The van der Waals surface area contributed by atoms with Gasteiger partial charge in [0.1, 0.15) is 0 Å². The summed E-state index contributed by atoms with van der Waals surface area (Å²) in [4.78, 5) is 13.0. The lowest BCUT2D eigenvalue weighted by atomic mass is 9.97. The number of ether oxygens (including phenoxy) is 1. The third-order valence-electron chi connectivity index (χ3n) is 4.31. The van der Waals surface area contributed by atoms with Crippen LogP contribution in [-0.4, -0.2) is 38.9 Å². The van der Waals surface area contributed by atoms with Crippen LogP contribution < -0.4 is 0 Å². The Morgan fingerprint density at radius 2 is 1.83 bits per heavy atom. The average Bonchev–Trinajstić information content (AvgIpc) is 3.16. The molecule has 0 aliphatic carbocycles. The van der Waals surface area contributed by atoms with Crippen LogP contribution >= 0.6 is 11.3 Å². The van der Waals surface area contributed by atoms with Crippen LogP contribution in [0.25, 0.3) is 0 Å². The van der Waals surface area contributed by atoms with E-state index in [1.165, 1.54) is 40.6 Å². The second-order valence-corrected chi connectivity index (χ2v) is 8.63. The SMILES string of the molecule is COC(=O)c1ccc(S(=O)(=O)N2CCC(c3cccs3)CC2)cc1. The zero-order valence-corrected chi connectivity index (χ0v) is 15.0. The first kappa shape index (κ1) is 17.1. The van der Waals surface area contributed by atoms with Gasteiger partial charge in [-0.05, 0) is 54.5 Å². The van der Waals surface area contributed by atoms with Crippen molar-refractivity contribution in [1.82, 2.24) is 4.31 Å². The fourth-order valence-corrected chi connectivity index (χ4v) is 5.30. The molecule has 2 heterocycles. The van der Waals surface area contributed by atoms with Crippen molar-refractivity contribution in [1.29, 1.82) is 0 Å². The van der Waals surface area contributed by atoms with Crippen molar-refractivity contribution in [2.24, 2.45) is 0 Å². The summed E-state index contributed by atoms with van der Waals surface area (Å²) in [6, 6.07) is 10.0. The largest absolute Gasteiger partial charge is 0.465 e. The molecule has 1 aromatic heterocycles. The van der Waals surface area contributed by atoms with Gasteiger partial charge in [-0.15, -0.1) is 11.3 Å². The number of carbonyl (C=O) groups is 1. The standard InChI is InChI=1S/C17H19NO4S2/c1-22-17(19)14-4-6-15(7-5-14)24(20,21)18-10-8-13(9-11-18)16-3-2-12-23-16/h2-7,12-13H,8-11H2,1H3. The molecule has 1 fully saturated rings. The van der Waals surface area contributed by atoms with Crippen LogP contribution in [0.1, 0.15) is 34.0 Å². The first-order chi connectivity index (χ1) is 11.5. The van der Waals surface area contributed by atoms with E-state index in [9.17, 15) is 13.2 Å². The molecule has 7 heteroatoms. The lowest BCUT2D eigenvalue weighted by Crippen LogP contribution is -2.37. The molecule has 5 nitrogen and oxygen atoms in total. The second kappa shape index (κ2) is 7.04. The topological polar surface area (TPSA) is 63.7 Å². The van der Waals surface area contributed by atoms with E-state index in [-0.39, 0.29) is 4.90 Å². The number of benzene rings is 1. The summed E-state index contributed by atoms with van der Waals surface area (Å²) >= 11 is 1.73. The van der Waals surface area contributed by atoms with Crippen molar-refractivity contribution in [2.75, 3.05) is 20.2 Å². The predicted molar refractivity (Wildman–Crippen MR) is 92.8 cm³/mol. The molecule has 0 saturated carbocycles. The third kappa shape index (κ3) is 3.38. The fourth-order valence-electron chi connectivity index (χ4n) is 2.93. The Balaban J connectivity index is 1.71. The molecular formula is C17H19NO4S2. The lowest BCUT2D eigenvalue weighted by molar-refractivity contribution is 0.0600. The van der Waals surface area contributed by atoms with E-state index in [1.807, 2.05) is 6.07 Å². The molecular weight excluding hydrogens is 346 g/mol. The van der Waals surface area contributed by atoms with Gasteiger partial charge in [0.15, 0.2) is 0 Å². The van der Waals surface area contributed by atoms with Gasteiger partial charge in [0.2, 0.25) is 10.0 Å². The van der Waals surface area contributed by atoms with E-state index in [4.69, 9.17) is 0 Å². The number of sulfonamides is 1. The number of hydrogen-bond donors (Lipinski definition) is 0. The van der Waals surface area contributed by atoms with E-state index in [1.54, 1.807) is 11.3 Å². The molecule has 0 radical (unpaired) electrons. The molecule has 1 aliphatic heterocycles. The normalized spacial score (nSPS) is 16.9. The Kier molecular flexibility index (Phi) is 5.03. The van der Waals surface area contributed by atoms with Crippen molar-refractivity contribution >= 4 is 27.3 Å². The summed E-state index contributed by atoms with van der Waals surface area (Å²) in [7, 11) is -2.22. The van der Waals surface area contributed by atoms with Crippen LogP contribution in [0, 0.1) is 0 Å². The minimum atomic E-state index is -3.52. The zero-order chi connectivity index (χ0) is 17.2. The highest BCUT2D eigenvalue weighted by atomic mass is 32.2. The van der Waals surface area contributed by atoms with Gasteiger partial charge >= 0.3 is 5.97 Å². The second-order valence-electron chi connectivity index (χ2n) is 5.71. The van der Waals surface area contributed by atoms with Crippen LogP contribution in [0.4, 0.5) is 0 Å². The zero-order valence-electron chi connectivity index (χ0n) is 13.3. The molecule has 128 valence electrons. The maximum Gasteiger partial charge on any atom is 0.337 e. The van der Waals surface area contributed by atoms with Gasteiger partial charge in [-0.1, -0.05) is 6.07 Å². The van der Waals surface area contributed by atoms with Gasteiger partial charge < -0.3 is 4.74 Å². The molecule has 0 amide bonds. The summed E-state index contributed by atoms with van der Waals surface area (Å²) in [5.41, 5.74) is 0.341. The predicted octanol–water partition coefficient (Wildman–Crippen LogP) is 3.10. The summed E-state index contributed by atoms with van der Waals surface area (Å²) in [6.07, 6.45) is 1.67. The third-order valence-corrected chi connectivity index (χ3v) is 7.26. The summed E-state index contributed by atoms with van der Waals surface area (Å²) in [5.74, 6) is -0.0335. The van der Waals surface area contributed by atoms with Gasteiger partial charge in [0.25, 0.3) is 0 Å². The average molecular weight is 365 g/mol. The highest BCUT2D eigenvalue weighted by Gasteiger charge is 2.30. The Bertz CT molecular complexity index is 790. The van der Waals surface area contributed by atoms with E-state index in [2.05, 4.69) is 16.2 Å². The molecule has 1 aliphatic rings. The van der Waals surface area contributed by atoms with E-state index < -0.39 is 16.0 Å². The van der Waals surface area contributed by atoms with Crippen LogP contribution in [-0.2, 0) is 14.8 Å². The number of carbonyl (C=O) groups excluding carboxylic acids is 1. The van der Waals surface area contributed by atoms with Gasteiger partial charge in [-0.25, -0.2) is 13.2 Å². The first-order valence-corrected chi connectivity index (χ1v) is 10.1. The quantitative estimate of drug-likeness (QED) is 0.781. The minimum Gasteiger partial charge on any atom is -0.465 e. The molecule has 1 aromatic carbocycles. The van der Waals surface area contributed by atoms with Gasteiger partial charge in [-0.2, -0.15) is 4.31 Å². The molecule has 0 N–H and O–H groups in total.